The monoisotopic (exact) mass is 503 g/mol. The van der Waals surface area contributed by atoms with Gasteiger partial charge in [-0.3, -0.25) is 9.59 Å². The predicted octanol–water partition coefficient (Wildman–Crippen LogP) is 6.16. The van der Waals surface area contributed by atoms with Crippen molar-refractivity contribution < 1.29 is 9.59 Å². The Hall–Kier alpha value is -2.67. The fourth-order valence-electron chi connectivity index (χ4n) is 2.56. The highest BCUT2D eigenvalue weighted by Crippen LogP contribution is 2.22. The summed E-state index contributed by atoms with van der Waals surface area (Å²) in [7, 11) is 0. The first-order chi connectivity index (χ1) is 14.3. The number of nitrogens with one attached hydrogen (secondary N) is 2. The molecule has 0 saturated carbocycles. The van der Waals surface area contributed by atoms with Crippen LogP contribution in [0.4, 0.5) is 5.69 Å². The van der Waals surface area contributed by atoms with Crippen molar-refractivity contribution in [3.8, 4) is 0 Å². The lowest BCUT2D eigenvalue weighted by Crippen LogP contribution is -2.19. The highest BCUT2D eigenvalue weighted by molar-refractivity contribution is 9.10. The SMILES string of the molecule is C/C(=N\NC(=O)c1ccc(Br)cc1)c1cccc(NC(=O)c2ccc(Cl)cc2Cl)c1. The average Bonchev–Trinajstić information content (AvgIpc) is 2.72. The first kappa shape index (κ1) is 22.0. The van der Waals surface area contributed by atoms with E-state index in [1.165, 1.54) is 6.07 Å². The van der Waals surface area contributed by atoms with E-state index in [2.05, 4.69) is 31.8 Å². The lowest BCUT2D eigenvalue weighted by molar-refractivity contribution is 0.0954. The van der Waals surface area contributed by atoms with Gasteiger partial charge in [0.15, 0.2) is 0 Å². The zero-order valence-electron chi connectivity index (χ0n) is 15.7. The Labute approximate surface area is 192 Å². The molecule has 3 rings (SSSR count). The number of hydrazone groups is 1. The van der Waals surface area contributed by atoms with Gasteiger partial charge in [-0.2, -0.15) is 5.10 Å². The van der Waals surface area contributed by atoms with Gasteiger partial charge in [-0.1, -0.05) is 51.3 Å². The number of nitrogens with zero attached hydrogens (tertiary/aromatic N) is 1. The van der Waals surface area contributed by atoms with Gasteiger partial charge in [-0.05, 0) is 67.1 Å². The van der Waals surface area contributed by atoms with Crippen LogP contribution < -0.4 is 10.7 Å². The molecule has 0 bridgehead atoms. The number of halogens is 3. The minimum atomic E-state index is -0.355. The predicted molar refractivity (Wildman–Crippen MR) is 125 cm³/mol. The maximum atomic E-state index is 12.5. The Bertz CT molecular complexity index is 1130. The molecular weight excluding hydrogens is 489 g/mol. The molecule has 0 atom stereocenters. The Balaban J connectivity index is 1.70. The first-order valence-electron chi connectivity index (χ1n) is 8.80. The highest BCUT2D eigenvalue weighted by Gasteiger charge is 2.12. The van der Waals surface area contributed by atoms with Gasteiger partial charge in [0.2, 0.25) is 0 Å². The molecule has 0 heterocycles. The van der Waals surface area contributed by atoms with E-state index < -0.39 is 0 Å². The van der Waals surface area contributed by atoms with E-state index in [9.17, 15) is 9.59 Å². The third-order valence-electron chi connectivity index (χ3n) is 4.15. The number of amides is 2. The minimum Gasteiger partial charge on any atom is -0.322 e. The summed E-state index contributed by atoms with van der Waals surface area (Å²) in [5.41, 5.74) is 5.24. The molecule has 0 fully saturated rings. The first-order valence-corrected chi connectivity index (χ1v) is 10.4. The number of hydrogen-bond acceptors (Lipinski definition) is 3. The van der Waals surface area contributed by atoms with Crippen molar-refractivity contribution in [1.29, 1.82) is 0 Å². The molecular formula is C22H16BrCl2N3O2. The van der Waals surface area contributed by atoms with Gasteiger partial charge in [0.25, 0.3) is 11.8 Å². The summed E-state index contributed by atoms with van der Waals surface area (Å²) < 4.78 is 0.887. The van der Waals surface area contributed by atoms with Gasteiger partial charge >= 0.3 is 0 Å². The molecule has 0 aromatic heterocycles. The largest absolute Gasteiger partial charge is 0.322 e. The third-order valence-corrected chi connectivity index (χ3v) is 5.22. The zero-order valence-corrected chi connectivity index (χ0v) is 18.8. The van der Waals surface area contributed by atoms with Crippen LogP contribution in [0.15, 0.2) is 76.3 Å². The lowest BCUT2D eigenvalue weighted by Gasteiger charge is -2.09. The van der Waals surface area contributed by atoms with E-state index in [4.69, 9.17) is 23.2 Å². The van der Waals surface area contributed by atoms with E-state index in [1.807, 2.05) is 6.07 Å². The van der Waals surface area contributed by atoms with Crippen molar-refractivity contribution in [2.75, 3.05) is 5.32 Å². The third kappa shape index (κ3) is 5.69. The zero-order chi connectivity index (χ0) is 21.7. The number of benzene rings is 3. The quantitative estimate of drug-likeness (QED) is 0.322. The van der Waals surface area contributed by atoms with Crippen molar-refractivity contribution in [3.05, 3.63) is 97.9 Å². The Morgan fingerprint density at radius 2 is 1.63 bits per heavy atom. The van der Waals surface area contributed by atoms with Crippen LogP contribution in [-0.4, -0.2) is 17.5 Å². The minimum absolute atomic E-state index is 0.268. The van der Waals surface area contributed by atoms with Crippen molar-refractivity contribution in [3.63, 3.8) is 0 Å². The smallest absolute Gasteiger partial charge is 0.271 e. The van der Waals surface area contributed by atoms with Crippen LogP contribution in [0.5, 0.6) is 0 Å². The Morgan fingerprint density at radius 1 is 0.900 bits per heavy atom. The lowest BCUT2D eigenvalue weighted by atomic mass is 10.1. The van der Waals surface area contributed by atoms with Gasteiger partial charge < -0.3 is 5.32 Å². The molecule has 0 unspecified atom stereocenters. The van der Waals surface area contributed by atoms with Crippen molar-refractivity contribution in [2.45, 2.75) is 6.92 Å². The fourth-order valence-corrected chi connectivity index (χ4v) is 3.32. The normalized spacial score (nSPS) is 11.1. The molecule has 0 saturated heterocycles. The molecule has 0 spiro atoms. The van der Waals surface area contributed by atoms with Crippen LogP contribution in [0.1, 0.15) is 33.2 Å². The van der Waals surface area contributed by atoms with Crippen LogP contribution in [0.2, 0.25) is 10.0 Å². The van der Waals surface area contributed by atoms with Crippen molar-refractivity contribution in [1.82, 2.24) is 5.43 Å². The van der Waals surface area contributed by atoms with Crippen LogP contribution >= 0.6 is 39.1 Å². The molecule has 3 aromatic carbocycles. The van der Waals surface area contributed by atoms with Crippen LogP contribution in [-0.2, 0) is 0 Å². The summed E-state index contributed by atoms with van der Waals surface area (Å²) in [5.74, 6) is -0.671. The summed E-state index contributed by atoms with van der Waals surface area (Å²) in [6, 6.07) is 18.8. The van der Waals surface area contributed by atoms with Crippen molar-refractivity contribution >= 4 is 62.3 Å². The summed E-state index contributed by atoms with van der Waals surface area (Å²) in [6.45, 7) is 1.76. The number of anilines is 1. The van der Waals surface area contributed by atoms with E-state index in [0.29, 0.717) is 27.5 Å². The molecule has 2 amide bonds. The molecule has 152 valence electrons. The number of hydrogen-bond donors (Lipinski definition) is 2. The van der Waals surface area contributed by atoms with Gasteiger partial charge in [0.1, 0.15) is 0 Å². The van der Waals surface area contributed by atoms with Gasteiger partial charge in [0, 0.05) is 20.7 Å². The van der Waals surface area contributed by atoms with Gasteiger partial charge in [-0.15, -0.1) is 0 Å². The van der Waals surface area contributed by atoms with Gasteiger partial charge in [-0.25, -0.2) is 5.43 Å². The topological polar surface area (TPSA) is 70.6 Å². The molecule has 30 heavy (non-hydrogen) atoms. The van der Waals surface area contributed by atoms with E-state index in [1.54, 1.807) is 61.5 Å². The molecule has 3 aromatic rings. The molecule has 5 nitrogen and oxygen atoms in total. The van der Waals surface area contributed by atoms with Crippen LogP contribution in [0.3, 0.4) is 0 Å². The van der Waals surface area contributed by atoms with E-state index in [0.717, 1.165) is 10.0 Å². The second-order valence-corrected chi connectivity index (χ2v) is 8.06. The Morgan fingerprint density at radius 3 is 2.33 bits per heavy atom. The van der Waals surface area contributed by atoms with Crippen LogP contribution in [0.25, 0.3) is 0 Å². The van der Waals surface area contributed by atoms with Crippen LogP contribution in [0, 0.1) is 0 Å². The molecule has 0 aliphatic rings. The molecule has 0 aliphatic heterocycles. The molecule has 0 radical (unpaired) electrons. The van der Waals surface area contributed by atoms with Crippen molar-refractivity contribution in [2.24, 2.45) is 5.10 Å². The summed E-state index contributed by atoms with van der Waals surface area (Å²) in [4.78, 5) is 24.7. The second kappa shape index (κ2) is 9.89. The molecule has 0 aliphatic carbocycles. The maximum absolute atomic E-state index is 12.5. The molecule has 2 N–H and O–H groups in total. The second-order valence-electron chi connectivity index (χ2n) is 6.30. The van der Waals surface area contributed by atoms with Gasteiger partial charge in [0.05, 0.1) is 16.3 Å². The maximum Gasteiger partial charge on any atom is 0.271 e. The molecule has 8 heteroatoms. The van der Waals surface area contributed by atoms with E-state index in [-0.39, 0.29) is 16.8 Å². The average molecular weight is 505 g/mol. The standard InChI is InChI=1S/C22H16BrCl2N3O2/c1-13(27-28-21(29)14-5-7-16(23)8-6-14)15-3-2-4-18(11-15)26-22(30)19-10-9-17(24)12-20(19)25/h2-12H,1H3,(H,26,30)(H,28,29)/b27-13+. The number of carbonyl (C=O) groups excluding carboxylic acids is 2. The number of rotatable bonds is 5. The highest BCUT2D eigenvalue weighted by atomic mass is 79.9. The number of carbonyl (C=O) groups is 2. The summed E-state index contributed by atoms with van der Waals surface area (Å²) in [6.07, 6.45) is 0. The summed E-state index contributed by atoms with van der Waals surface area (Å²) in [5, 5.41) is 7.67. The fraction of sp³-hybridized carbons (Fsp3) is 0.0455. The Kier molecular flexibility index (Phi) is 7.26. The summed E-state index contributed by atoms with van der Waals surface area (Å²) >= 11 is 15.3. The van der Waals surface area contributed by atoms with E-state index >= 15 is 0 Å².